The number of nitrogens with one attached hydrogen (secondary N) is 1. The van der Waals surface area contributed by atoms with Crippen molar-refractivity contribution in [3.63, 3.8) is 0 Å². The van der Waals surface area contributed by atoms with Crippen molar-refractivity contribution in [2.24, 2.45) is 5.92 Å². The van der Waals surface area contributed by atoms with E-state index in [1.807, 2.05) is 24.5 Å². The van der Waals surface area contributed by atoms with Gasteiger partial charge in [0.05, 0.1) is 11.9 Å². The van der Waals surface area contributed by atoms with Gasteiger partial charge >= 0.3 is 0 Å². The van der Waals surface area contributed by atoms with E-state index < -0.39 is 0 Å². The van der Waals surface area contributed by atoms with Crippen LogP contribution in [0.1, 0.15) is 27.2 Å². The number of pyridine rings is 1. The smallest absolute Gasteiger partial charge is 0.153 e. The lowest BCUT2D eigenvalue weighted by atomic mass is 10.0. The highest BCUT2D eigenvalue weighted by atomic mass is 15.3. The molecule has 1 atom stereocenters. The molecule has 0 aliphatic rings. The fraction of sp³-hybridized carbons (Fsp3) is 0.429. The SMILES string of the molecule is CCC(Nc1ccc(-n2cccn2)nc1)C(C)C. The average Bonchev–Trinajstić information content (AvgIpc) is 2.90. The largest absolute Gasteiger partial charge is 0.381 e. The van der Waals surface area contributed by atoms with Gasteiger partial charge in [0.1, 0.15) is 0 Å². The Morgan fingerprint density at radius 2 is 2.17 bits per heavy atom. The first-order valence-electron chi connectivity index (χ1n) is 6.43. The first-order chi connectivity index (χ1) is 8.70. The summed E-state index contributed by atoms with van der Waals surface area (Å²) in [6, 6.07) is 6.40. The molecule has 0 amide bonds. The molecule has 2 aromatic rings. The predicted octanol–water partition coefficient (Wildman–Crippen LogP) is 3.11. The normalized spacial score (nSPS) is 12.7. The number of rotatable bonds is 5. The van der Waals surface area contributed by atoms with Gasteiger partial charge in [-0.05, 0) is 30.5 Å². The Bertz CT molecular complexity index is 459. The molecule has 2 aromatic heterocycles. The zero-order chi connectivity index (χ0) is 13.0. The van der Waals surface area contributed by atoms with Gasteiger partial charge in [-0.15, -0.1) is 0 Å². The fourth-order valence-electron chi connectivity index (χ4n) is 1.97. The molecule has 1 N–H and O–H groups in total. The van der Waals surface area contributed by atoms with Crippen LogP contribution in [0.2, 0.25) is 0 Å². The van der Waals surface area contributed by atoms with Gasteiger partial charge in [-0.25, -0.2) is 9.67 Å². The van der Waals surface area contributed by atoms with Gasteiger partial charge in [-0.1, -0.05) is 20.8 Å². The minimum atomic E-state index is 0.488. The standard InChI is InChI=1S/C14H20N4/c1-4-13(11(2)3)17-12-6-7-14(15-10-12)18-9-5-8-16-18/h5-11,13,17H,4H2,1-3H3. The Kier molecular flexibility index (Phi) is 3.97. The Morgan fingerprint density at radius 1 is 1.33 bits per heavy atom. The van der Waals surface area contributed by atoms with Crippen LogP contribution in [0.25, 0.3) is 5.82 Å². The molecule has 0 saturated carbocycles. The Labute approximate surface area is 108 Å². The molecule has 0 bridgehead atoms. The van der Waals surface area contributed by atoms with Crippen molar-refractivity contribution in [1.82, 2.24) is 14.8 Å². The summed E-state index contributed by atoms with van der Waals surface area (Å²) in [6.07, 6.45) is 6.61. The van der Waals surface area contributed by atoms with Gasteiger partial charge in [0.25, 0.3) is 0 Å². The van der Waals surface area contributed by atoms with E-state index in [0.29, 0.717) is 12.0 Å². The molecule has 0 saturated heterocycles. The first kappa shape index (κ1) is 12.6. The second kappa shape index (κ2) is 5.67. The zero-order valence-electron chi connectivity index (χ0n) is 11.2. The Morgan fingerprint density at radius 3 is 2.67 bits per heavy atom. The average molecular weight is 244 g/mol. The summed E-state index contributed by atoms with van der Waals surface area (Å²) >= 11 is 0. The molecule has 96 valence electrons. The van der Waals surface area contributed by atoms with E-state index in [1.54, 1.807) is 10.9 Å². The molecule has 0 aromatic carbocycles. The second-order valence-corrected chi connectivity index (χ2v) is 4.76. The topological polar surface area (TPSA) is 42.7 Å². The number of aromatic nitrogens is 3. The summed E-state index contributed by atoms with van der Waals surface area (Å²) in [5.41, 5.74) is 1.06. The monoisotopic (exact) mass is 244 g/mol. The highest BCUT2D eigenvalue weighted by molar-refractivity contribution is 5.44. The minimum absolute atomic E-state index is 0.488. The lowest BCUT2D eigenvalue weighted by Crippen LogP contribution is -2.24. The first-order valence-corrected chi connectivity index (χ1v) is 6.43. The summed E-state index contributed by atoms with van der Waals surface area (Å²) < 4.78 is 1.75. The van der Waals surface area contributed by atoms with E-state index in [9.17, 15) is 0 Å². The van der Waals surface area contributed by atoms with Crippen LogP contribution in [0, 0.1) is 5.92 Å². The molecule has 4 nitrogen and oxygen atoms in total. The Balaban J connectivity index is 2.08. The van der Waals surface area contributed by atoms with Gasteiger partial charge in [-0.3, -0.25) is 0 Å². The number of anilines is 1. The molecule has 0 radical (unpaired) electrons. The highest BCUT2D eigenvalue weighted by Gasteiger charge is 2.10. The number of hydrogen-bond acceptors (Lipinski definition) is 3. The number of hydrogen-bond donors (Lipinski definition) is 1. The minimum Gasteiger partial charge on any atom is -0.381 e. The lowest BCUT2D eigenvalue weighted by Gasteiger charge is -2.21. The third-order valence-corrected chi connectivity index (χ3v) is 3.08. The summed E-state index contributed by atoms with van der Waals surface area (Å²) in [5.74, 6) is 1.45. The van der Waals surface area contributed by atoms with Gasteiger partial charge in [-0.2, -0.15) is 5.10 Å². The van der Waals surface area contributed by atoms with E-state index in [2.05, 4.69) is 42.2 Å². The van der Waals surface area contributed by atoms with E-state index in [-0.39, 0.29) is 0 Å². The van der Waals surface area contributed by atoms with Crippen LogP contribution in [0.5, 0.6) is 0 Å². The van der Waals surface area contributed by atoms with Crippen molar-refractivity contribution in [1.29, 1.82) is 0 Å². The molecule has 2 heterocycles. The van der Waals surface area contributed by atoms with Gasteiger partial charge in [0, 0.05) is 18.4 Å². The molecule has 18 heavy (non-hydrogen) atoms. The third-order valence-electron chi connectivity index (χ3n) is 3.08. The summed E-state index contributed by atoms with van der Waals surface area (Å²) in [4.78, 5) is 4.41. The maximum Gasteiger partial charge on any atom is 0.153 e. The third kappa shape index (κ3) is 2.88. The second-order valence-electron chi connectivity index (χ2n) is 4.76. The molecular weight excluding hydrogens is 224 g/mol. The van der Waals surface area contributed by atoms with Crippen LogP contribution in [0.4, 0.5) is 5.69 Å². The van der Waals surface area contributed by atoms with Crippen LogP contribution in [-0.4, -0.2) is 20.8 Å². The van der Waals surface area contributed by atoms with Crippen molar-refractivity contribution >= 4 is 5.69 Å². The van der Waals surface area contributed by atoms with Crippen LogP contribution in [0.15, 0.2) is 36.8 Å². The van der Waals surface area contributed by atoms with Gasteiger partial charge in [0.15, 0.2) is 5.82 Å². The van der Waals surface area contributed by atoms with Crippen molar-refractivity contribution in [3.8, 4) is 5.82 Å². The van der Waals surface area contributed by atoms with Crippen molar-refractivity contribution in [2.75, 3.05) is 5.32 Å². The van der Waals surface area contributed by atoms with Gasteiger partial charge < -0.3 is 5.32 Å². The van der Waals surface area contributed by atoms with E-state index in [1.165, 1.54) is 0 Å². The van der Waals surface area contributed by atoms with Crippen LogP contribution in [0.3, 0.4) is 0 Å². The Hall–Kier alpha value is -1.84. The van der Waals surface area contributed by atoms with Gasteiger partial charge in [0.2, 0.25) is 0 Å². The summed E-state index contributed by atoms with van der Waals surface area (Å²) in [7, 11) is 0. The maximum absolute atomic E-state index is 4.41. The van der Waals surface area contributed by atoms with E-state index >= 15 is 0 Å². The van der Waals surface area contributed by atoms with Crippen LogP contribution < -0.4 is 5.32 Å². The van der Waals surface area contributed by atoms with Crippen molar-refractivity contribution < 1.29 is 0 Å². The molecule has 0 spiro atoms. The highest BCUT2D eigenvalue weighted by Crippen LogP contribution is 2.15. The molecule has 0 fully saturated rings. The van der Waals surface area contributed by atoms with Crippen LogP contribution >= 0.6 is 0 Å². The molecular formula is C14H20N4. The maximum atomic E-state index is 4.41. The van der Waals surface area contributed by atoms with Crippen molar-refractivity contribution in [3.05, 3.63) is 36.8 Å². The summed E-state index contributed by atoms with van der Waals surface area (Å²) in [5, 5.41) is 7.66. The molecule has 4 heteroatoms. The number of nitrogens with zero attached hydrogens (tertiary/aromatic N) is 3. The molecule has 0 aliphatic heterocycles. The summed E-state index contributed by atoms with van der Waals surface area (Å²) in [6.45, 7) is 6.66. The zero-order valence-corrected chi connectivity index (χ0v) is 11.2. The molecule has 1 unspecified atom stereocenters. The van der Waals surface area contributed by atoms with Crippen LogP contribution in [-0.2, 0) is 0 Å². The molecule has 2 rings (SSSR count). The fourth-order valence-corrected chi connectivity index (χ4v) is 1.97. The van der Waals surface area contributed by atoms with E-state index in [4.69, 9.17) is 0 Å². The quantitative estimate of drug-likeness (QED) is 0.878. The predicted molar refractivity (Wildman–Crippen MR) is 73.9 cm³/mol. The lowest BCUT2D eigenvalue weighted by molar-refractivity contribution is 0.511. The molecule has 0 aliphatic carbocycles. The van der Waals surface area contributed by atoms with Crippen molar-refractivity contribution in [2.45, 2.75) is 33.2 Å². The van der Waals surface area contributed by atoms with E-state index in [0.717, 1.165) is 17.9 Å².